The van der Waals surface area contributed by atoms with Crippen LogP contribution in [0.1, 0.15) is 5.56 Å². The minimum absolute atomic E-state index is 0.00219. The number of aromatic nitrogens is 2. The lowest BCUT2D eigenvalue weighted by Gasteiger charge is -2.16. The summed E-state index contributed by atoms with van der Waals surface area (Å²) in [6, 6.07) is 15.2. The summed E-state index contributed by atoms with van der Waals surface area (Å²) in [6.45, 7) is 1.98. The summed E-state index contributed by atoms with van der Waals surface area (Å²) in [5.41, 5.74) is 2.68. The van der Waals surface area contributed by atoms with Gasteiger partial charge in [0.15, 0.2) is 0 Å². The molecule has 0 spiro atoms. The van der Waals surface area contributed by atoms with E-state index in [0.29, 0.717) is 5.69 Å². The molecule has 0 bridgehead atoms. The highest BCUT2D eigenvalue weighted by Gasteiger charge is 2.14. The minimum Gasteiger partial charge on any atom is -0.336 e. The van der Waals surface area contributed by atoms with Gasteiger partial charge in [0.25, 0.3) is 0 Å². The molecule has 0 aliphatic rings. The molecule has 27 heavy (non-hydrogen) atoms. The summed E-state index contributed by atoms with van der Waals surface area (Å²) in [5.74, 6) is -0.163. The summed E-state index contributed by atoms with van der Waals surface area (Å²) in [6.07, 6.45) is 1.49. The second-order valence-electron chi connectivity index (χ2n) is 6.15. The van der Waals surface area contributed by atoms with Gasteiger partial charge in [0.2, 0.25) is 11.8 Å². The maximum Gasteiger partial charge on any atom is 0.243 e. The van der Waals surface area contributed by atoms with E-state index < -0.39 is 0 Å². The number of aryl methyl sites for hydroxylation is 1. The fraction of sp³-hybridized carbons (Fsp3) is 0.200. The van der Waals surface area contributed by atoms with Crippen LogP contribution in [0.2, 0.25) is 0 Å². The fourth-order valence-electron chi connectivity index (χ4n) is 2.48. The molecule has 138 valence electrons. The van der Waals surface area contributed by atoms with Crippen molar-refractivity contribution in [2.45, 2.75) is 11.9 Å². The molecule has 6 nitrogen and oxygen atoms in total. The second kappa shape index (κ2) is 8.64. The van der Waals surface area contributed by atoms with E-state index in [1.165, 1.54) is 23.0 Å². The van der Waals surface area contributed by atoms with Gasteiger partial charge in [-0.25, -0.2) is 9.97 Å². The number of nitrogens with zero attached hydrogens (tertiary/aromatic N) is 3. The number of nitrogens with one attached hydrogen (secondary N) is 1. The Hall–Kier alpha value is -2.93. The van der Waals surface area contributed by atoms with E-state index in [-0.39, 0.29) is 24.1 Å². The highest BCUT2D eigenvalue weighted by molar-refractivity contribution is 8.00. The van der Waals surface area contributed by atoms with Crippen molar-refractivity contribution in [2.24, 2.45) is 0 Å². The van der Waals surface area contributed by atoms with E-state index in [2.05, 4.69) is 15.3 Å². The lowest BCUT2D eigenvalue weighted by Crippen LogP contribution is -2.35. The Morgan fingerprint density at radius 2 is 1.81 bits per heavy atom. The lowest BCUT2D eigenvalue weighted by atomic mass is 10.2. The number of para-hydroxylation sites is 1. The third kappa shape index (κ3) is 5.04. The highest BCUT2D eigenvalue weighted by atomic mass is 32.2. The van der Waals surface area contributed by atoms with Gasteiger partial charge in [-0.3, -0.25) is 9.59 Å². The van der Waals surface area contributed by atoms with Crippen LogP contribution in [0.15, 0.2) is 59.9 Å². The monoisotopic (exact) mass is 380 g/mol. The van der Waals surface area contributed by atoms with Crippen molar-refractivity contribution in [3.63, 3.8) is 0 Å². The SMILES string of the molecule is Cc1ccc(NC(=O)CN(C)C(=O)CSc2ncnc3ccccc23)cc1. The standard InChI is InChI=1S/C20H20N4O2S/c1-14-7-9-15(10-8-14)23-18(25)11-24(2)19(26)12-27-20-16-5-3-4-6-17(16)21-13-22-20/h3-10,13H,11-12H2,1-2H3,(H,23,25). The molecule has 0 fully saturated rings. The number of hydrogen-bond donors (Lipinski definition) is 1. The third-order valence-corrected chi connectivity index (χ3v) is 4.97. The van der Waals surface area contributed by atoms with Crippen molar-refractivity contribution in [3.8, 4) is 0 Å². The molecule has 1 aromatic heterocycles. The van der Waals surface area contributed by atoms with Crippen LogP contribution in [0.4, 0.5) is 5.69 Å². The molecular weight excluding hydrogens is 360 g/mol. The van der Waals surface area contributed by atoms with E-state index in [1.54, 1.807) is 7.05 Å². The molecule has 0 radical (unpaired) electrons. The summed E-state index contributed by atoms with van der Waals surface area (Å²) in [5, 5.41) is 4.46. The van der Waals surface area contributed by atoms with Gasteiger partial charge in [-0.15, -0.1) is 0 Å². The number of carbonyl (C=O) groups is 2. The van der Waals surface area contributed by atoms with Crippen molar-refractivity contribution in [1.29, 1.82) is 0 Å². The summed E-state index contributed by atoms with van der Waals surface area (Å²) < 4.78 is 0. The first-order valence-electron chi connectivity index (χ1n) is 8.46. The normalized spacial score (nSPS) is 10.6. The first-order valence-corrected chi connectivity index (χ1v) is 9.44. The Morgan fingerprint density at radius 3 is 2.59 bits per heavy atom. The molecule has 0 saturated carbocycles. The van der Waals surface area contributed by atoms with Gasteiger partial charge in [-0.05, 0) is 25.1 Å². The predicted octanol–water partition coefficient (Wildman–Crippen LogP) is 3.13. The molecule has 0 aliphatic carbocycles. The lowest BCUT2D eigenvalue weighted by molar-refractivity contribution is -0.131. The average molecular weight is 380 g/mol. The highest BCUT2D eigenvalue weighted by Crippen LogP contribution is 2.24. The van der Waals surface area contributed by atoms with Gasteiger partial charge in [0.05, 0.1) is 17.8 Å². The van der Waals surface area contributed by atoms with Gasteiger partial charge in [-0.2, -0.15) is 0 Å². The van der Waals surface area contributed by atoms with Crippen LogP contribution in [0, 0.1) is 6.92 Å². The number of amides is 2. The van der Waals surface area contributed by atoms with E-state index in [9.17, 15) is 9.59 Å². The van der Waals surface area contributed by atoms with Gasteiger partial charge >= 0.3 is 0 Å². The zero-order valence-corrected chi connectivity index (χ0v) is 16.0. The summed E-state index contributed by atoms with van der Waals surface area (Å²) >= 11 is 1.34. The molecule has 2 amide bonds. The number of hydrogen-bond acceptors (Lipinski definition) is 5. The van der Waals surface area contributed by atoms with Gasteiger partial charge < -0.3 is 10.2 Å². The maximum absolute atomic E-state index is 12.4. The molecule has 3 rings (SSSR count). The largest absolute Gasteiger partial charge is 0.336 e. The smallest absolute Gasteiger partial charge is 0.243 e. The average Bonchev–Trinajstić information content (AvgIpc) is 2.67. The molecule has 0 saturated heterocycles. The van der Waals surface area contributed by atoms with Gasteiger partial charge in [0, 0.05) is 18.1 Å². The van der Waals surface area contributed by atoms with E-state index in [0.717, 1.165) is 21.5 Å². The molecule has 0 atom stereocenters. The van der Waals surface area contributed by atoms with Crippen molar-refractivity contribution in [1.82, 2.24) is 14.9 Å². The molecule has 2 aromatic carbocycles. The number of benzene rings is 2. The number of likely N-dealkylation sites (N-methyl/N-ethyl adjacent to an activating group) is 1. The summed E-state index contributed by atoms with van der Waals surface area (Å²) in [7, 11) is 1.62. The molecular formula is C20H20N4O2S. The molecule has 3 aromatic rings. The van der Waals surface area contributed by atoms with E-state index in [1.807, 2.05) is 55.5 Å². The van der Waals surface area contributed by atoms with Crippen LogP contribution >= 0.6 is 11.8 Å². The van der Waals surface area contributed by atoms with Crippen molar-refractivity contribution < 1.29 is 9.59 Å². The van der Waals surface area contributed by atoms with Gasteiger partial charge in [0.1, 0.15) is 11.4 Å². The number of thioether (sulfide) groups is 1. The van der Waals surface area contributed by atoms with Crippen LogP contribution in [-0.4, -0.2) is 46.0 Å². The number of carbonyl (C=O) groups excluding carboxylic acids is 2. The topological polar surface area (TPSA) is 75.2 Å². The zero-order valence-electron chi connectivity index (χ0n) is 15.2. The Labute approximate surface area is 162 Å². The Balaban J connectivity index is 1.54. The Kier molecular flexibility index (Phi) is 6.03. The second-order valence-corrected chi connectivity index (χ2v) is 7.11. The number of fused-ring (bicyclic) bond motifs is 1. The predicted molar refractivity (Wildman–Crippen MR) is 108 cm³/mol. The molecule has 0 aliphatic heterocycles. The minimum atomic E-state index is -0.229. The molecule has 1 heterocycles. The van der Waals surface area contributed by atoms with Crippen LogP contribution in [0.25, 0.3) is 10.9 Å². The van der Waals surface area contributed by atoms with Crippen LogP contribution < -0.4 is 5.32 Å². The maximum atomic E-state index is 12.4. The van der Waals surface area contributed by atoms with Crippen LogP contribution in [-0.2, 0) is 9.59 Å². The Bertz CT molecular complexity index is 954. The Morgan fingerprint density at radius 1 is 1.07 bits per heavy atom. The zero-order chi connectivity index (χ0) is 19.2. The molecule has 0 unspecified atom stereocenters. The van der Waals surface area contributed by atoms with E-state index >= 15 is 0 Å². The fourth-order valence-corrected chi connectivity index (χ4v) is 3.41. The van der Waals surface area contributed by atoms with Crippen LogP contribution in [0.5, 0.6) is 0 Å². The molecule has 1 N–H and O–H groups in total. The van der Waals surface area contributed by atoms with Crippen molar-refractivity contribution >= 4 is 40.2 Å². The first kappa shape index (κ1) is 18.8. The van der Waals surface area contributed by atoms with E-state index in [4.69, 9.17) is 0 Å². The number of anilines is 1. The van der Waals surface area contributed by atoms with Crippen molar-refractivity contribution in [2.75, 3.05) is 24.7 Å². The quantitative estimate of drug-likeness (QED) is 0.525. The van der Waals surface area contributed by atoms with Crippen LogP contribution in [0.3, 0.4) is 0 Å². The third-order valence-electron chi connectivity index (χ3n) is 3.98. The first-order chi connectivity index (χ1) is 13.0. The molecule has 7 heteroatoms. The summed E-state index contributed by atoms with van der Waals surface area (Å²) in [4.78, 5) is 34.4. The van der Waals surface area contributed by atoms with Crippen molar-refractivity contribution in [3.05, 3.63) is 60.4 Å². The number of rotatable bonds is 6. The van der Waals surface area contributed by atoms with Gasteiger partial charge in [-0.1, -0.05) is 47.7 Å².